The largest absolute Gasteiger partial charge is 0.414 e. The van der Waals surface area contributed by atoms with Crippen LogP contribution in [0.25, 0.3) is 21.5 Å². The molecule has 2 aliphatic rings. The summed E-state index contributed by atoms with van der Waals surface area (Å²) < 4.78 is 13.9. The first-order valence-corrected chi connectivity index (χ1v) is 15.0. The number of carbonyl (C=O) groups is 2. The maximum absolute atomic E-state index is 13.0. The molecule has 2 N–H and O–H groups in total. The van der Waals surface area contributed by atoms with Gasteiger partial charge in [0.2, 0.25) is 5.88 Å². The van der Waals surface area contributed by atoms with E-state index in [4.69, 9.17) is 20.9 Å². The third-order valence-electron chi connectivity index (χ3n) is 7.73. The standard InChI is InChI=1S/C29H32ClN5O5S/c1-17(2)33-9-7-20(8-10-33)31-29(38)39-27-12-19-11-18(28(37)34-15-22(36)16-34)3-4-23(19)35(27)14-21-13-24(40-32-21)25-5-6-26(30)41-25/h3-6,11-13,17,20,22,36H,7-10,14-16H2,1-2H3,(H,31,38). The summed E-state index contributed by atoms with van der Waals surface area (Å²) in [6.45, 7) is 7.15. The monoisotopic (exact) mass is 597 g/mol. The van der Waals surface area contributed by atoms with E-state index in [0.717, 1.165) is 41.7 Å². The lowest BCUT2D eigenvalue weighted by molar-refractivity contribution is 0.00590. The molecule has 0 saturated carbocycles. The number of benzene rings is 1. The number of likely N-dealkylation sites (tertiary alicyclic amines) is 2. The summed E-state index contributed by atoms with van der Waals surface area (Å²) in [5.74, 6) is 0.796. The molecule has 12 heteroatoms. The highest BCUT2D eigenvalue weighted by Gasteiger charge is 2.30. The Kier molecular flexibility index (Phi) is 7.78. The van der Waals surface area contributed by atoms with Crippen LogP contribution < -0.4 is 10.1 Å². The van der Waals surface area contributed by atoms with Crippen molar-refractivity contribution in [3.05, 3.63) is 58.1 Å². The van der Waals surface area contributed by atoms with Crippen molar-refractivity contribution in [2.75, 3.05) is 26.2 Å². The number of carbonyl (C=O) groups excluding carboxylic acids is 2. The number of β-amino-alcohol motifs (C(OH)–C–C–N with tert-alkyl or cyclic N) is 1. The fourth-order valence-electron chi connectivity index (χ4n) is 5.39. The molecule has 2 amide bonds. The van der Waals surface area contributed by atoms with Crippen LogP contribution in [0.2, 0.25) is 4.34 Å². The van der Waals surface area contributed by atoms with E-state index in [1.165, 1.54) is 11.3 Å². The van der Waals surface area contributed by atoms with E-state index < -0.39 is 12.2 Å². The molecule has 10 nitrogen and oxygen atoms in total. The summed E-state index contributed by atoms with van der Waals surface area (Å²) in [5, 5.41) is 17.6. The highest BCUT2D eigenvalue weighted by Crippen LogP contribution is 2.33. The minimum absolute atomic E-state index is 0.0437. The number of amides is 2. The van der Waals surface area contributed by atoms with Gasteiger partial charge in [-0.2, -0.15) is 0 Å². The molecule has 2 aliphatic heterocycles. The van der Waals surface area contributed by atoms with Gasteiger partial charge >= 0.3 is 6.09 Å². The number of aliphatic hydroxyl groups excluding tert-OH is 1. The average Bonchev–Trinajstić information content (AvgIpc) is 3.66. The van der Waals surface area contributed by atoms with Gasteiger partial charge in [-0.3, -0.25) is 4.79 Å². The zero-order valence-electron chi connectivity index (χ0n) is 22.9. The van der Waals surface area contributed by atoms with Crippen LogP contribution in [0.15, 0.2) is 47.0 Å². The maximum atomic E-state index is 13.0. The first-order valence-electron chi connectivity index (χ1n) is 13.8. The van der Waals surface area contributed by atoms with Crippen molar-refractivity contribution in [2.45, 2.75) is 51.4 Å². The van der Waals surface area contributed by atoms with Gasteiger partial charge in [0.05, 0.1) is 27.4 Å². The molecular formula is C29H32ClN5O5S. The van der Waals surface area contributed by atoms with E-state index in [-0.39, 0.29) is 18.5 Å². The van der Waals surface area contributed by atoms with Gasteiger partial charge in [-0.15, -0.1) is 11.3 Å². The fourth-order valence-corrected chi connectivity index (χ4v) is 6.38. The molecular weight excluding hydrogens is 566 g/mol. The molecule has 2 saturated heterocycles. The van der Waals surface area contributed by atoms with Gasteiger partial charge < -0.3 is 34.1 Å². The van der Waals surface area contributed by atoms with Crippen LogP contribution in [-0.4, -0.2) is 81.0 Å². The lowest BCUT2D eigenvalue weighted by Crippen LogP contribution is -2.53. The molecule has 0 atom stereocenters. The van der Waals surface area contributed by atoms with Crippen LogP contribution in [0.5, 0.6) is 5.88 Å². The normalized spacial score (nSPS) is 16.9. The minimum Gasteiger partial charge on any atom is -0.393 e. The molecule has 3 aromatic heterocycles. The number of hydrogen-bond acceptors (Lipinski definition) is 8. The van der Waals surface area contributed by atoms with E-state index in [2.05, 4.69) is 29.2 Å². The third kappa shape index (κ3) is 5.99. The Morgan fingerprint density at radius 1 is 1.17 bits per heavy atom. The molecule has 0 unspecified atom stereocenters. The molecule has 0 aliphatic carbocycles. The second kappa shape index (κ2) is 11.5. The van der Waals surface area contributed by atoms with Gasteiger partial charge in [0, 0.05) is 61.3 Å². The predicted octanol–water partition coefficient (Wildman–Crippen LogP) is 4.84. The Labute approximate surface area is 246 Å². The van der Waals surface area contributed by atoms with Crippen LogP contribution in [0.1, 0.15) is 42.7 Å². The van der Waals surface area contributed by atoms with E-state index in [9.17, 15) is 14.7 Å². The minimum atomic E-state index is -0.517. The van der Waals surface area contributed by atoms with Crippen molar-refractivity contribution < 1.29 is 24.0 Å². The number of nitrogens with zero attached hydrogens (tertiary/aromatic N) is 4. The second-order valence-electron chi connectivity index (χ2n) is 10.9. The summed E-state index contributed by atoms with van der Waals surface area (Å²) >= 11 is 7.49. The topological polar surface area (TPSA) is 113 Å². The summed E-state index contributed by atoms with van der Waals surface area (Å²) in [7, 11) is 0. The van der Waals surface area contributed by atoms with Gasteiger partial charge in [0.1, 0.15) is 5.69 Å². The molecule has 4 aromatic rings. The fraction of sp³-hybridized carbons (Fsp3) is 0.414. The van der Waals surface area contributed by atoms with E-state index >= 15 is 0 Å². The summed E-state index contributed by atoms with van der Waals surface area (Å²) in [4.78, 5) is 30.8. The van der Waals surface area contributed by atoms with Gasteiger partial charge in [0.15, 0.2) is 5.76 Å². The summed E-state index contributed by atoms with van der Waals surface area (Å²) in [6.07, 6.45) is 0.734. The van der Waals surface area contributed by atoms with Crippen molar-refractivity contribution in [3.8, 4) is 16.5 Å². The molecule has 0 radical (unpaired) electrons. The van der Waals surface area contributed by atoms with Crippen LogP contribution in [0.4, 0.5) is 4.79 Å². The number of rotatable bonds is 7. The van der Waals surface area contributed by atoms with Crippen molar-refractivity contribution in [1.29, 1.82) is 0 Å². The number of hydrogen-bond donors (Lipinski definition) is 2. The maximum Gasteiger partial charge on any atom is 0.414 e. The highest BCUT2D eigenvalue weighted by atomic mass is 35.5. The van der Waals surface area contributed by atoms with E-state index in [0.29, 0.717) is 46.4 Å². The van der Waals surface area contributed by atoms with Crippen LogP contribution in [-0.2, 0) is 6.54 Å². The Hall–Kier alpha value is -3.38. The lowest BCUT2D eigenvalue weighted by atomic mass is 10.0. The Bertz CT molecular complexity index is 1560. The quantitative estimate of drug-likeness (QED) is 0.313. The number of aliphatic hydroxyl groups is 1. The van der Waals surface area contributed by atoms with Crippen LogP contribution in [0.3, 0.4) is 0 Å². The zero-order valence-corrected chi connectivity index (χ0v) is 24.5. The SMILES string of the molecule is CC(C)N1CCC(NC(=O)Oc2cc3cc(C(=O)N4CC(O)C4)ccc3n2Cc2cc(-c3ccc(Cl)s3)on2)CC1. The predicted molar refractivity (Wildman–Crippen MR) is 157 cm³/mol. The Balaban J connectivity index is 1.24. The number of nitrogens with one attached hydrogen (secondary N) is 1. The van der Waals surface area contributed by atoms with Crippen molar-refractivity contribution in [1.82, 2.24) is 24.8 Å². The molecule has 0 spiro atoms. The van der Waals surface area contributed by atoms with E-state index in [1.807, 2.05) is 22.8 Å². The number of fused-ring (bicyclic) bond motifs is 1. The van der Waals surface area contributed by atoms with Gasteiger partial charge in [-0.05, 0) is 57.0 Å². The van der Waals surface area contributed by atoms with Crippen molar-refractivity contribution >= 4 is 45.8 Å². The molecule has 1 aromatic carbocycles. The van der Waals surface area contributed by atoms with Gasteiger partial charge in [0.25, 0.3) is 5.91 Å². The van der Waals surface area contributed by atoms with E-state index in [1.54, 1.807) is 29.2 Å². The average molecular weight is 598 g/mol. The highest BCUT2D eigenvalue weighted by molar-refractivity contribution is 7.19. The van der Waals surface area contributed by atoms with Gasteiger partial charge in [-0.25, -0.2) is 4.79 Å². The van der Waals surface area contributed by atoms with Gasteiger partial charge in [-0.1, -0.05) is 16.8 Å². The molecule has 0 bridgehead atoms. The number of aromatic nitrogens is 2. The number of halogens is 1. The van der Waals surface area contributed by atoms with Crippen LogP contribution in [0, 0.1) is 0 Å². The Morgan fingerprint density at radius 2 is 1.95 bits per heavy atom. The van der Waals surface area contributed by atoms with Crippen LogP contribution >= 0.6 is 22.9 Å². The molecule has 2 fully saturated rings. The summed E-state index contributed by atoms with van der Waals surface area (Å²) in [5.41, 5.74) is 1.93. The first-order chi connectivity index (χ1) is 19.7. The first kappa shape index (κ1) is 27.8. The number of piperidine rings is 1. The number of thiophene rings is 1. The Morgan fingerprint density at radius 3 is 2.63 bits per heavy atom. The van der Waals surface area contributed by atoms with Crippen molar-refractivity contribution in [2.24, 2.45) is 0 Å². The van der Waals surface area contributed by atoms with Crippen molar-refractivity contribution in [3.63, 3.8) is 0 Å². The molecule has 216 valence electrons. The number of ether oxygens (including phenoxy) is 1. The molecule has 5 heterocycles. The summed E-state index contributed by atoms with van der Waals surface area (Å²) in [6, 6.07) is 13.2. The molecule has 6 rings (SSSR count). The lowest BCUT2D eigenvalue weighted by Gasteiger charge is -2.35. The zero-order chi connectivity index (χ0) is 28.7. The second-order valence-corrected chi connectivity index (χ2v) is 12.6. The third-order valence-corrected chi connectivity index (χ3v) is 8.98. The molecule has 41 heavy (non-hydrogen) atoms. The smallest absolute Gasteiger partial charge is 0.393 e.